The van der Waals surface area contributed by atoms with Gasteiger partial charge in [0.05, 0.1) is 5.92 Å². The number of aliphatic carboxylic acids is 1. The van der Waals surface area contributed by atoms with Crippen LogP contribution in [0.5, 0.6) is 0 Å². The zero-order valence-electron chi connectivity index (χ0n) is 9.18. The Morgan fingerprint density at radius 1 is 1.33 bits per heavy atom. The maximum atomic E-state index is 11.9. The molecule has 0 amide bonds. The second-order valence-corrected chi connectivity index (χ2v) is 5.48. The van der Waals surface area contributed by atoms with Gasteiger partial charge < -0.3 is 5.11 Å². The van der Waals surface area contributed by atoms with Crippen LogP contribution in [0.25, 0.3) is 0 Å². The Bertz CT molecular complexity index is 399. The molecule has 1 aliphatic rings. The van der Waals surface area contributed by atoms with Crippen LogP contribution in [0.3, 0.4) is 0 Å². The van der Waals surface area contributed by atoms with Gasteiger partial charge in [0.25, 0.3) is 0 Å². The number of carboxylic acid groups (broad SMARTS) is 1. The van der Waals surface area contributed by atoms with Crippen LogP contribution in [0, 0.1) is 5.92 Å². The van der Waals surface area contributed by atoms with Gasteiger partial charge in [0.15, 0.2) is 0 Å². The number of likely N-dealkylation sites (tertiary alicyclic amines) is 1. The normalized spacial score (nSPS) is 19.9. The summed E-state index contributed by atoms with van der Waals surface area (Å²) in [4.78, 5) is 11.9. The van der Waals surface area contributed by atoms with Gasteiger partial charge in [-0.1, -0.05) is 0 Å². The van der Waals surface area contributed by atoms with Crippen molar-refractivity contribution >= 4 is 16.1 Å². The van der Waals surface area contributed by atoms with E-state index in [0.29, 0.717) is 0 Å². The van der Waals surface area contributed by atoms with E-state index in [1.165, 1.54) is 4.90 Å². The van der Waals surface area contributed by atoms with E-state index in [0.717, 1.165) is 0 Å². The van der Waals surface area contributed by atoms with Crippen molar-refractivity contribution in [1.82, 2.24) is 4.90 Å². The molecule has 106 valence electrons. The number of rotatable bonds is 4. The van der Waals surface area contributed by atoms with Crippen LogP contribution in [-0.4, -0.2) is 49.7 Å². The molecule has 1 saturated heterocycles. The molecule has 0 saturated carbocycles. The minimum absolute atomic E-state index is 0.185. The molecule has 0 aromatic rings. The third kappa shape index (κ3) is 3.82. The Morgan fingerprint density at radius 2 is 1.83 bits per heavy atom. The molecular weight excluding hydrogens is 279 g/mol. The number of alkyl halides is 3. The van der Waals surface area contributed by atoms with Crippen molar-refractivity contribution in [3.63, 3.8) is 0 Å². The summed E-state index contributed by atoms with van der Waals surface area (Å²) >= 11 is 0. The summed E-state index contributed by atoms with van der Waals surface area (Å²) in [6.07, 6.45) is 0.509. The van der Waals surface area contributed by atoms with Crippen molar-refractivity contribution in [1.29, 1.82) is 0 Å². The maximum Gasteiger partial charge on any atom is 0.523 e. The van der Waals surface area contributed by atoms with Gasteiger partial charge in [0.2, 0.25) is 0 Å². The van der Waals surface area contributed by atoms with Crippen molar-refractivity contribution in [2.24, 2.45) is 5.92 Å². The summed E-state index contributed by atoms with van der Waals surface area (Å²) < 4.78 is 60.9. The van der Waals surface area contributed by atoms with E-state index in [2.05, 4.69) is 4.18 Å². The molecule has 0 unspecified atom stereocenters. The van der Waals surface area contributed by atoms with Gasteiger partial charge in [-0.05, 0) is 12.8 Å². The monoisotopic (exact) mass is 291 g/mol. The summed E-state index contributed by atoms with van der Waals surface area (Å²) in [7, 11) is -5.58. The number of halogens is 3. The van der Waals surface area contributed by atoms with Crippen molar-refractivity contribution in [2.75, 3.05) is 19.8 Å². The van der Waals surface area contributed by atoms with Gasteiger partial charge in [0, 0.05) is 13.1 Å². The molecule has 1 fully saturated rings. The maximum absolute atomic E-state index is 11.9. The molecule has 1 heterocycles. The molecule has 6 nitrogen and oxygen atoms in total. The quantitative estimate of drug-likeness (QED) is 0.603. The van der Waals surface area contributed by atoms with Gasteiger partial charge in [-0.2, -0.15) is 21.6 Å². The average Bonchev–Trinajstić information content (AvgIpc) is 2.25. The Labute approximate surface area is 101 Å². The molecule has 1 aliphatic heterocycles. The molecule has 0 spiro atoms. The third-order valence-corrected chi connectivity index (χ3v) is 3.59. The first-order valence-electron chi connectivity index (χ1n) is 5.04. The van der Waals surface area contributed by atoms with E-state index < -0.39 is 34.2 Å². The van der Waals surface area contributed by atoms with Crippen molar-refractivity contribution < 1.29 is 35.7 Å². The van der Waals surface area contributed by atoms with Crippen LogP contribution < -0.4 is 0 Å². The number of piperidine rings is 1. The highest BCUT2D eigenvalue weighted by atomic mass is 32.2. The number of hydrogen-bond donors (Lipinski definition) is 1. The number of nitrogens with zero attached hydrogens (tertiary/aromatic N) is 1. The first-order chi connectivity index (χ1) is 8.13. The SMILES string of the molecule is O=C(O)C1CCN(COS(=O)(=O)C(F)(F)F)CC1. The smallest absolute Gasteiger partial charge is 0.481 e. The molecule has 18 heavy (non-hydrogen) atoms. The van der Waals surface area contributed by atoms with E-state index >= 15 is 0 Å². The van der Waals surface area contributed by atoms with E-state index in [9.17, 15) is 26.4 Å². The fourth-order valence-corrected chi connectivity index (χ4v) is 1.94. The highest BCUT2D eigenvalue weighted by Gasteiger charge is 2.47. The Balaban J connectivity index is 2.42. The second-order valence-electron chi connectivity index (χ2n) is 3.88. The fraction of sp³-hybridized carbons (Fsp3) is 0.875. The lowest BCUT2D eigenvalue weighted by Crippen LogP contribution is -2.39. The Hall–Kier alpha value is -0.870. The highest BCUT2D eigenvalue weighted by molar-refractivity contribution is 7.87. The van der Waals surface area contributed by atoms with Crippen LogP contribution >= 0.6 is 0 Å². The molecule has 0 atom stereocenters. The predicted molar refractivity (Wildman–Crippen MR) is 52.9 cm³/mol. The first kappa shape index (κ1) is 15.2. The molecule has 0 radical (unpaired) electrons. The third-order valence-electron chi connectivity index (χ3n) is 2.61. The molecule has 1 N–H and O–H groups in total. The summed E-state index contributed by atoms with van der Waals surface area (Å²) in [6, 6.07) is 0. The largest absolute Gasteiger partial charge is 0.523 e. The molecule has 0 aromatic carbocycles. The molecule has 0 bridgehead atoms. The van der Waals surface area contributed by atoms with Crippen LogP contribution in [0.1, 0.15) is 12.8 Å². The highest BCUT2D eigenvalue weighted by Crippen LogP contribution is 2.25. The van der Waals surface area contributed by atoms with E-state index in [1.54, 1.807) is 0 Å². The second kappa shape index (κ2) is 5.41. The number of carbonyl (C=O) groups is 1. The van der Waals surface area contributed by atoms with Gasteiger partial charge in [-0.3, -0.25) is 9.69 Å². The Kier molecular flexibility index (Phi) is 4.56. The molecule has 10 heteroatoms. The van der Waals surface area contributed by atoms with E-state index in [-0.39, 0.29) is 25.9 Å². The lowest BCUT2D eigenvalue weighted by atomic mass is 9.98. The van der Waals surface area contributed by atoms with E-state index in [4.69, 9.17) is 5.11 Å². The topological polar surface area (TPSA) is 83.9 Å². The fourth-order valence-electron chi connectivity index (χ4n) is 1.52. The van der Waals surface area contributed by atoms with Gasteiger partial charge in [0.1, 0.15) is 6.73 Å². The van der Waals surface area contributed by atoms with E-state index in [1.807, 2.05) is 0 Å². The summed E-state index contributed by atoms with van der Waals surface area (Å²) in [5.41, 5.74) is -5.44. The lowest BCUT2D eigenvalue weighted by Gasteiger charge is -2.29. The van der Waals surface area contributed by atoms with Crippen LogP contribution in [-0.2, 0) is 19.1 Å². The predicted octanol–water partition coefficient (Wildman–Crippen LogP) is 0.607. The summed E-state index contributed by atoms with van der Waals surface area (Å²) in [5.74, 6) is -1.50. The zero-order chi connectivity index (χ0) is 14.0. The van der Waals surface area contributed by atoms with Crippen LogP contribution in [0.4, 0.5) is 13.2 Å². The summed E-state index contributed by atoms with van der Waals surface area (Å²) in [5, 5.41) is 8.70. The molecule has 1 rings (SSSR count). The van der Waals surface area contributed by atoms with Crippen LogP contribution in [0.15, 0.2) is 0 Å². The average molecular weight is 291 g/mol. The van der Waals surface area contributed by atoms with Crippen molar-refractivity contribution in [2.45, 2.75) is 18.3 Å². The molecule has 0 aliphatic carbocycles. The Morgan fingerprint density at radius 3 is 2.22 bits per heavy atom. The van der Waals surface area contributed by atoms with Crippen molar-refractivity contribution in [3.05, 3.63) is 0 Å². The minimum Gasteiger partial charge on any atom is -0.481 e. The lowest BCUT2D eigenvalue weighted by molar-refractivity contribution is -0.143. The standard InChI is InChI=1S/C8H12F3NO5S/c9-8(10,11)18(15,16)17-5-12-3-1-6(2-4-12)7(13)14/h6H,1-5H2,(H,13,14). The molecule has 0 aromatic heterocycles. The minimum atomic E-state index is -5.58. The summed E-state index contributed by atoms with van der Waals surface area (Å²) in [6.45, 7) is -0.344. The van der Waals surface area contributed by atoms with Gasteiger partial charge in [-0.15, -0.1) is 0 Å². The molecular formula is C8H12F3NO5S. The van der Waals surface area contributed by atoms with Crippen LogP contribution in [0.2, 0.25) is 0 Å². The van der Waals surface area contributed by atoms with Gasteiger partial charge >= 0.3 is 21.6 Å². The zero-order valence-corrected chi connectivity index (χ0v) is 10.00. The number of carboxylic acids is 1. The van der Waals surface area contributed by atoms with Gasteiger partial charge in [-0.25, -0.2) is 4.18 Å². The first-order valence-corrected chi connectivity index (χ1v) is 6.45. The van der Waals surface area contributed by atoms with Crippen molar-refractivity contribution in [3.8, 4) is 0 Å². The number of hydrogen-bond acceptors (Lipinski definition) is 5.